The lowest BCUT2D eigenvalue weighted by Crippen LogP contribution is -2.12. The van der Waals surface area contributed by atoms with E-state index in [0.717, 1.165) is 0 Å². The standard InChI is InChI=1S/C17H18N2O6S/c1-23-13-8-11(9-14(24-2)16(13)25-3)18-17(20)10-5-6-15(26-4)12(7-10)19(21)22/h5-9H,1-4H3,(H,18,20). The maximum absolute atomic E-state index is 12.5. The van der Waals surface area contributed by atoms with E-state index >= 15 is 0 Å². The van der Waals surface area contributed by atoms with Gasteiger partial charge in [-0.3, -0.25) is 14.9 Å². The molecule has 0 atom stereocenters. The molecule has 0 radical (unpaired) electrons. The van der Waals surface area contributed by atoms with E-state index in [1.165, 1.54) is 45.2 Å². The average molecular weight is 378 g/mol. The van der Waals surface area contributed by atoms with Crippen molar-refractivity contribution in [2.45, 2.75) is 4.90 Å². The number of nitrogens with zero attached hydrogens (tertiary/aromatic N) is 1. The minimum Gasteiger partial charge on any atom is -0.493 e. The second-order valence-corrected chi connectivity index (χ2v) is 5.86. The van der Waals surface area contributed by atoms with Crippen LogP contribution in [-0.4, -0.2) is 38.4 Å². The first-order valence-electron chi connectivity index (χ1n) is 7.39. The molecule has 138 valence electrons. The Kier molecular flexibility index (Phi) is 6.29. The summed E-state index contributed by atoms with van der Waals surface area (Å²) in [6, 6.07) is 7.48. The van der Waals surface area contributed by atoms with Crippen LogP contribution in [0.2, 0.25) is 0 Å². The number of carbonyl (C=O) groups excluding carboxylic acids is 1. The molecule has 0 aliphatic carbocycles. The van der Waals surface area contributed by atoms with E-state index < -0.39 is 10.8 Å². The van der Waals surface area contributed by atoms with Gasteiger partial charge in [0.25, 0.3) is 11.6 Å². The van der Waals surface area contributed by atoms with Crippen molar-refractivity contribution in [2.75, 3.05) is 32.9 Å². The molecule has 1 amide bonds. The number of nitro groups is 1. The van der Waals surface area contributed by atoms with Crippen molar-refractivity contribution >= 4 is 29.0 Å². The molecule has 0 unspecified atom stereocenters. The SMILES string of the molecule is COc1cc(NC(=O)c2ccc(SC)c([N+](=O)[O-])c2)cc(OC)c1OC. The summed E-state index contributed by atoms with van der Waals surface area (Å²) in [5.41, 5.74) is 0.458. The molecule has 0 aromatic heterocycles. The van der Waals surface area contributed by atoms with Gasteiger partial charge in [0.15, 0.2) is 11.5 Å². The topological polar surface area (TPSA) is 99.9 Å². The summed E-state index contributed by atoms with van der Waals surface area (Å²) in [4.78, 5) is 23.6. The molecule has 9 heteroatoms. The van der Waals surface area contributed by atoms with Gasteiger partial charge < -0.3 is 19.5 Å². The highest BCUT2D eigenvalue weighted by Gasteiger charge is 2.19. The minimum atomic E-state index is -0.512. The highest BCUT2D eigenvalue weighted by atomic mass is 32.2. The number of carbonyl (C=O) groups is 1. The smallest absolute Gasteiger partial charge is 0.283 e. The van der Waals surface area contributed by atoms with E-state index in [4.69, 9.17) is 14.2 Å². The van der Waals surface area contributed by atoms with Gasteiger partial charge in [-0.25, -0.2) is 0 Å². The number of benzene rings is 2. The fourth-order valence-corrected chi connectivity index (χ4v) is 2.88. The maximum Gasteiger partial charge on any atom is 0.283 e. The second-order valence-electron chi connectivity index (χ2n) is 5.01. The molecule has 0 aliphatic rings. The van der Waals surface area contributed by atoms with Crippen LogP contribution in [-0.2, 0) is 0 Å². The van der Waals surface area contributed by atoms with Crippen LogP contribution in [0, 0.1) is 10.1 Å². The summed E-state index contributed by atoms with van der Waals surface area (Å²) < 4.78 is 15.7. The molecule has 0 fully saturated rings. The number of rotatable bonds is 7. The molecule has 0 heterocycles. The molecule has 0 spiro atoms. The second kappa shape index (κ2) is 8.43. The Morgan fingerprint density at radius 3 is 2.15 bits per heavy atom. The molecule has 0 bridgehead atoms. The number of nitro benzene ring substituents is 1. The zero-order valence-electron chi connectivity index (χ0n) is 14.7. The van der Waals surface area contributed by atoms with Gasteiger partial charge >= 0.3 is 0 Å². The van der Waals surface area contributed by atoms with E-state index in [2.05, 4.69) is 5.32 Å². The molecule has 2 rings (SSSR count). The van der Waals surface area contributed by atoms with E-state index in [1.807, 2.05) is 0 Å². The first-order valence-corrected chi connectivity index (χ1v) is 8.61. The van der Waals surface area contributed by atoms with Crippen molar-refractivity contribution in [2.24, 2.45) is 0 Å². The van der Waals surface area contributed by atoms with Gasteiger partial charge in [0, 0.05) is 29.4 Å². The van der Waals surface area contributed by atoms with Crippen molar-refractivity contribution in [3.05, 3.63) is 46.0 Å². The number of amides is 1. The minimum absolute atomic E-state index is 0.116. The van der Waals surface area contributed by atoms with E-state index in [0.29, 0.717) is 27.8 Å². The molecular formula is C17H18N2O6S. The number of nitrogens with one attached hydrogen (secondary N) is 1. The van der Waals surface area contributed by atoms with Crippen LogP contribution in [0.25, 0.3) is 0 Å². The lowest BCUT2D eigenvalue weighted by atomic mass is 10.1. The number of thioether (sulfide) groups is 1. The van der Waals surface area contributed by atoms with Gasteiger partial charge in [0.1, 0.15) is 0 Å². The van der Waals surface area contributed by atoms with E-state index in [9.17, 15) is 14.9 Å². The summed E-state index contributed by atoms with van der Waals surface area (Å²) in [6.45, 7) is 0. The molecule has 1 N–H and O–H groups in total. The fourth-order valence-electron chi connectivity index (χ4n) is 2.33. The van der Waals surface area contributed by atoms with Gasteiger partial charge in [0.2, 0.25) is 5.75 Å². The van der Waals surface area contributed by atoms with Crippen LogP contribution in [0.4, 0.5) is 11.4 Å². The maximum atomic E-state index is 12.5. The van der Waals surface area contributed by atoms with Gasteiger partial charge in [-0.1, -0.05) is 0 Å². The Hall–Kier alpha value is -2.94. The molecule has 26 heavy (non-hydrogen) atoms. The van der Waals surface area contributed by atoms with Gasteiger partial charge in [0.05, 0.1) is 31.1 Å². The van der Waals surface area contributed by atoms with Crippen molar-refractivity contribution in [1.29, 1.82) is 0 Å². The molecule has 2 aromatic carbocycles. The predicted molar refractivity (Wildman–Crippen MR) is 98.9 cm³/mol. The number of ether oxygens (including phenoxy) is 3. The van der Waals surface area contributed by atoms with E-state index in [-0.39, 0.29) is 11.3 Å². The molecule has 0 aliphatic heterocycles. The summed E-state index contributed by atoms with van der Waals surface area (Å²) in [7, 11) is 4.41. The molecule has 8 nitrogen and oxygen atoms in total. The monoisotopic (exact) mass is 378 g/mol. The summed E-state index contributed by atoms with van der Waals surface area (Å²) in [5, 5.41) is 13.8. The van der Waals surface area contributed by atoms with E-state index in [1.54, 1.807) is 24.5 Å². The number of hydrogen-bond acceptors (Lipinski definition) is 7. The fraction of sp³-hybridized carbons (Fsp3) is 0.235. The Balaban J connectivity index is 2.35. The molecule has 2 aromatic rings. The van der Waals surface area contributed by atoms with Crippen molar-refractivity contribution in [3.63, 3.8) is 0 Å². The first kappa shape index (κ1) is 19.4. The lowest BCUT2D eigenvalue weighted by Gasteiger charge is -2.14. The van der Waals surface area contributed by atoms with Crippen LogP contribution >= 0.6 is 11.8 Å². The predicted octanol–water partition coefficient (Wildman–Crippen LogP) is 3.59. The van der Waals surface area contributed by atoms with Crippen molar-refractivity contribution in [3.8, 4) is 17.2 Å². The third kappa shape index (κ3) is 3.99. The Morgan fingerprint density at radius 2 is 1.69 bits per heavy atom. The third-order valence-corrected chi connectivity index (χ3v) is 4.35. The quantitative estimate of drug-likeness (QED) is 0.446. The number of anilines is 1. The van der Waals surface area contributed by atoms with Crippen LogP contribution < -0.4 is 19.5 Å². The Labute approximate surface area is 154 Å². The molecular weight excluding hydrogens is 360 g/mol. The third-order valence-electron chi connectivity index (χ3n) is 3.56. The normalized spacial score (nSPS) is 10.2. The number of hydrogen-bond donors (Lipinski definition) is 1. The summed E-state index contributed by atoms with van der Waals surface area (Å²) in [5.74, 6) is 0.666. The zero-order valence-corrected chi connectivity index (χ0v) is 15.5. The highest BCUT2D eigenvalue weighted by Crippen LogP contribution is 2.40. The largest absolute Gasteiger partial charge is 0.493 e. The Morgan fingerprint density at radius 1 is 1.08 bits per heavy atom. The van der Waals surface area contributed by atoms with Crippen molar-refractivity contribution in [1.82, 2.24) is 0 Å². The van der Waals surface area contributed by atoms with Crippen LogP contribution in [0.5, 0.6) is 17.2 Å². The van der Waals surface area contributed by atoms with Gasteiger partial charge in [-0.15, -0.1) is 11.8 Å². The summed E-state index contributed by atoms with van der Waals surface area (Å²) >= 11 is 1.24. The van der Waals surface area contributed by atoms with Crippen LogP contribution in [0.3, 0.4) is 0 Å². The lowest BCUT2D eigenvalue weighted by molar-refractivity contribution is -0.387. The van der Waals surface area contributed by atoms with Crippen molar-refractivity contribution < 1.29 is 23.9 Å². The number of methoxy groups -OCH3 is 3. The Bertz CT molecular complexity index is 815. The zero-order chi connectivity index (χ0) is 19.3. The average Bonchev–Trinajstić information content (AvgIpc) is 2.66. The van der Waals surface area contributed by atoms with Crippen LogP contribution in [0.15, 0.2) is 35.2 Å². The summed E-state index contributed by atoms with van der Waals surface area (Å²) in [6.07, 6.45) is 1.73. The molecule has 0 saturated carbocycles. The van der Waals surface area contributed by atoms with Gasteiger partial charge in [-0.2, -0.15) is 0 Å². The van der Waals surface area contributed by atoms with Gasteiger partial charge in [-0.05, 0) is 18.4 Å². The highest BCUT2D eigenvalue weighted by molar-refractivity contribution is 7.98. The molecule has 0 saturated heterocycles. The first-order chi connectivity index (χ1) is 12.4. The van der Waals surface area contributed by atoms with Crippen LogP contribution in [0.1, 0.15) is 10.4 Å².